The number of fused-ring (bicyclic) bond motifs is 5. The van der Waals surface area contributed by atoms with Crippen LogP contribution in [0.3, 0.4) is 0 Å². The van der Waals surface area contributed by atoms with Crippen LogP contribution in [0.25, 0.3) is 0 Å². The monoisotopic (exact) mass is 392 g/mol. The van der Waals surface area contributed by atoms with Gasteiger partial charge in [-0.1, -0.05) is 18.2 Å². The Bertz CT molecular complexity index is 1140. The lowest BCUT2D eigenvalue weighted by molar-refractivity contribution is -0.122. The van der Waals surface area contributed by atoms with Gasteiger partial charge < -0.3 is 19.1 Å². The molecule has 3 aliphatic heterocycles. The number of hydrogen-bond donors (Lipinski definition) is 0. The largest absolute Gasteiger partial charge is 0.491 e. The van der Waals surface area contributed by atoms with Gasteiger partial charge in [0.25, 0.3) is 0 Å². The maximum Gasteiger partial charge on any atom is 0.246 e. The van der Waals surface area contributed by atoms with Gasteiger partial charge in [-0.3, -0.25) is 4.79 Å². The Morgan fingerprint density at radius 3 is 2.75 bits per heavy atom. The van der Waals surface area contributed by atoms with Gasteiger partial charge in [0.1, 0.15) is 17.8 Å². The predicted octanol–water partition coefficient (Wildman–Crippen LogP) is 3.41. The maximum atomic E-state index is 13.8. The third-order valence-corrected chi connectivity index (χ3v) is 6.45. The van der Waals surface area contributed by atoms with Crippen LogP contribution in [0.15, 0.2) is 41.8 Å². The summed E-state index contributed by atoms with van der Waals surface area (Å²) in [6.07, 6.45) is 0. The number of aromatic nitrogens is 1. The van der Waals surface area contributed by atoms with Gasteiger partial charge in [-0.15, -0.1) is 11.3 Å². The normalized spacial score (nSPS) is 21.2. The first kappa shape index (κ1) is 15.9. The number of ether oxygens (including phenoxy) is 3. The van der Waals surface area contributed by atoms with Crippen molar-refractivity contribution in [2.45, 2.75) is 18.9 Å². The highest BCUT2D eigenvalue weighted by Gasteiger charge is 2.57. The van der Waals surface area contributed by atoms with E-state index in [9.17, 15) is 4.79 Å². The van der Waals surface area contributed by atoms with E-state index >= 15 is 0 Å². The van der Waals surface area contributed by atoms with Crippen molar-refractivity contribution >= 4 is 22.9 Å². The fourth-order valence-corrected chi connectivity index (χ4v) is 4.97. The van der Waals surface area contributed by atoms with Crippen LogP contribution < -0.4 is 19.1 Å². The summed E-state index contributed by atoms with van der Waals surface area (Å²) in [6.45, 7) is 2.87. The molecule has 0 N–H and O–H groups in total. The third-order valence-electron chi connectivity index (χ3n) is 5.63. The van der Waals surface area contributed by atoms with Crippen molar-refractivity contribution in [3.05, 3.63) is 63.6 Å². The van der Waals surface area contributed by atoms with Crippen molar-refractivity contribution in [2.75, 3.05) is 18.3 Å². The molecule has 0 fully saturated rings. The van der Waals surface area contributed by atoms with Crippen LogP contribution in [0, 0.1) is 6.92 Å². The Morgan fingerprint density at radius 1 is 1.11 bits per heavy atom. The highest BCUT2D eigenvalue weighted by molar-refractivity contribution is 7.09. The Labute approximate surface area is 165 Å². The average Bonchev–Trinajstić information content (AvgIpc) is 3.45. The summed E-state index contributed by atoms with van der Waals surface area (Å²) in [7, 11) is 0. The quantitative estimate of drug-likeness (QED) is 0.669. The highest BCUT2D eigenvalue weighted by Crippen LogP contribution is 2.55. The first-order valence-corrected chi connectivity index (χ1v) is 9.94. The highest BCUT2D eigenvalue weighted by atomic mass is 32.1. The molecule has 1 spiro atoms. The molecule has 4 heterocycles. The average molecular weight is 392 g/mol. The molecule has 1 unspecified atom stereocenters. The fraction of sp³-hybridized carbons (Fsp3) is 0.238. The molecule has 7 heteroatoms. The molecule has 0 saturated heterocycles. The molecule has 140 valence electrons. The number of rotatable bonds is 2. The van der Waals surface area contributed by atoms with Crippen molar-refractivity contribution in [1.29, 1.82) is 0 Å². The molecule has 2 aromatic carbocycles. The fourth-order valence-electron chi connectivity index (χ4n) is 4.36. The van der Waals surface area contributed by atoms with E-state index in [-0.39, 0.29) is 19.3 Å². The lowest BCUT2D eigenvalue weighted by Gasteiger charge is -2.22. The van der Waals surface area contributed by atoms with Gasteiger partial charge in [0.15, 0.2) is 11.5 Å². The number of nitrogens with zero attached hydrogens (tertiary/aromatic N) is 2. The van der Waals surface area contributed by atoms with Crippen molar-refractivity contribution < 1.29 is 19.0 Å². The second-order valence-corrected chi connectivity index (χ2v) is 8.22. The van der Waals surface area contributed by atoms with E-state index in [0.29, 0.717) is 23.8 Å². The van der Waals surface area contributed by atoms with Gasteiger partial charge in [0, 0.05) is 22.7 Å². The Hall–Kier alpha value is -3.06. The maximum absolute atomic E-state index is 13.8. The van der Waals surface area contributed by atoms with E-state index < -0.39 is 5.41 Å². The first-order chi connectivity index (χ1) is 13.7. The van der Waals surface area contributed by atoms with Crippen LogP contribution in [0.2, 0.25) is 0 Å². The summed E-state index contributed by atoms with van der Waals surface area (Å²) in [4.78, 5) is 20.2. The topological polar surface area (TPSA) is 60.9 Å². The molecule has 0 bridgehead atoms. The number of thiazole rings is 1. The van der Waals surface area contributed by atoms with Crippen LogP contribution >= 0.6 is 11.3 Å². The number of carbonyl (C=O) groups is 1. The van der Waals surface area contributed by atoms with Crippen molar-refractivity contribution in [3.8, 4) is 17.2 Å². The Morgan fingerprint density at radius 2 is 1.93 bits per heavy atom. The second-order valence-electron chi connectivity index (χ2n) is 7.16. The van der Waals surface area contributed by atoms with Gasteiger partial charge in [0.05, 0.1) is 17.2 Å². The van der Waals surface area contributed by atoms with Gasteiger partial charge in [-0.2, -0.15) is 0 Å². The van der Waals surface area contributed by atoms with E-state index in [4.69, 9.17) is 14.2 Å². The molecule has 3 aromatic rings. The van der Waals surface area contributed by atoms with E-state index in [0.717, 1.165) is 27.5 Å². The smallest absolute Gasteiger partial charge is 0.246 e. The standard InChI is InChI=1S/C21H16N2O4S/c1-12-22-13(9-28-12)8-23-16-5-3-2-4-14(16)21(20(23)24)10-25-17-7-19-18(6-15(17)21)26-11-27-19/h2-7,9H,8,10-11H2,1H3. The molecule has 3 aliphatic rings. The summed E-state index contributed by atoms with van der Waals surface area (Å²) in [5.41, 5.74) is 2.74. The zero-order chi connectivity index (χ0) is 18.9. The van der Waals surface area contributed by atoms with E-state index in [1.165, 1.54) is 0 Å². The number of benzene rings is 2. The number of amides is 1. The second kappa shape index (κ2) is 5.48. The summed E-state index contributed by atoms with van der Waals surface area (Å²) < 4.78 is 17.0. The minimum absolute atomic E-state index is 0.0111. The van der Waals surface area contributed by atoms with Gasteiger partial charge >= 0.3 is 0 Å². The molecule has 28 heavy (non-hydrogen) atoms. The third kappa shape index (κ3) is 1.97. The van der Waals surface area contributed by atoms with Crippen LogP contribution in [0.4, 0.5) is 5.69 Å². The molecule has 0 aliphatic carbocycles. The summed E-state index contributed by atoms with van der Waals surface area (Å²) in [5, 5.41) is 3.00. The SMILES string of the molecule is Cc1nc(CN2C(=O)C3(COc4cc5c(cc43)OCO5)c3ccccc32)cs1. The van der Waals surface area contributed by atoms with Crippen molar-refractivity contribution in [2.24, 2.45) is 0 Å². The van der Waals surface area contributed by atoms with Crippen LogP contribution in [-0.2, 0) is 16.8 Å². The number of carbonyl (C=O) groups excluding carboxylic acids is 1. The molecule has 1 amide bonds. The van der Waals surface area contributed by atoms with E-state index in [2.05, 4.69) is 4.98 Å². The molecule has 1 atom stereocenters. The summed E-state index contributed by atoms with van der Waals surface area (Å²) in [6, 6.07) is 11.7. The van der Waals surface area contributed by atoms with E-state index in [1.807, 2.05) is 53.6 Å². The summed E-state index contributed by atoms with van der Waals surface area (Å²) in [5.74, 6) is 2.00. The van der Waals surface area contributed by atoms with Crippen LogP contribution in [0.5, 0.6) is 17.2 Å². The first-order valence-electron chi connectivity index (χ1n) is 9.06. The molecule has 6 rings (SSSR count). The predicted molar refractivity (Wildman–Crippen MR) is 103 cm³/mol. The molecular weight excluding hydrogens is 376 g/mol. The molecular formula is C21H16N2O4S. The zero-order valence-corrected chi connectivity index (χ0v) is 15.9. The summed E-state index contributed by atoms with van der Waals surface area (Å²) >= 11 is 1.59. The Kier molecular flexibility index (Phi) is 3.12. The number of hydrogen-bond acceptors (Lipinski definition) is 6. The lowest BCUT2D eigenvalue weighted by Crippen LogP contribution is -2.42. The molecule has 1 aromatic heterocycles. The van der Waals surface area contributed by atoms with Crippen molar-refractivity contribution in [1.82, 2.24) is 4.98 Å². The van der Waals surface area contributed by atoms with Crippen molar-refractivity contribution in [3.63, 3.8) is 0 Å². The van der Waals surface area contributed by atoms with Gasteiger partial charge in [-0.25, -0.2) is 4.98 Å². The van der Waals surface area contributed by atoms with Crippen LogP contribution in [0.1, 0.15) is 21.8 Å². The number of aryl methyl sites for hydroxylation is 1. The minimum Gasteiger partial charge on any atom is -0.491 e. The van der Waals surface area contributed by atoms with Gasteiger partial charge in [0.2, 0.25) is 12.7 Å². The van der Waals surface area contributed by atoms with E-state index in [1.54, 1.807) is 11.3 Å². The number of anilines is 1. The number of para-hydroxylation sites is 1. The Balaban J connectivity index is 1.51. The zero-order valence-electron chi connectivity index (χ0n) is 15.1. The lowest BCUT2D eigenvalue weighted by atomic mass is 9.77. The van der Waals surface area contributed by atoms with Gasteiger partial charge in [-0.05, 0) is 24.6 Å². The molecule has 6 nitrogen and oxygen atoms in total. The molecule has 0 radical (unpaired) electrons. The van der Waals surface area contributed by atoms with Crippen LogP contribution in [-0.4, -0.2) is 24.3 Å². The molecule has 0 saturated carbocycles. The minimum atomic E-state index is -0.863.